The van der Waals surface area contributed by atoms with E-state index in [-0.39, 0.29) is 0 Å². The molecule has 1 aromatic carbocycles. The molecular weight excluding hydrogens is 208 g/mol. The van der Waals surface area contributed by atoms with Gasteiger partial charge in [0.2, 0.25) is 0 Å². The smallest absolute Gasteiger partial charge is 0.0362 e. The van der Waals surface area contributed by atoms with Gasteiger partial charge in [-0.1, -0.05) is 12.8 Å². The van der Waals surface area contributed by atoms with Crippen LogP contribution in [0.1, 0.15) is 32.6 Å². The zero-order chi connectivity index (χ0) is 12.3. The van der Waals surface area contributed by atoms with Crippen LogP contribution in [0.15, 0.2) is 24.3 Å². The van der Waals surface area contributed by atoms with Crippen molar-refractivity contribution in [2.75, 3.05) is 24.3 Å². The predicted molar refractivity (Wildman–Crippen MR) is 75.8 cm³/mol. The second kappa shape index (κ2) is 5.44. The number of nitrogens with zero attached hydrogens (tertiary/aromatic N) is 1. The summed E-state index contributed by atoms with van der Waals surface area (Å²) in [5, 5.41) is 3.63. The summed E-state index contributed by atoms with van der Waals surface area (Å²) >= 11 is 0. The molecule has 1 N–H and O–H groups in total. The molecule has 17 heavy (non-hydrogen) atoms. The van der Waals surface area contributed by atoms with Crippen LogP contribution >= 0.6 is 0 Å². The fourth-order valence-electron chi connectivity index (χ4n) is 2.69. The predicted octanol–water partition coefficient (Wildman–Crippen LogP) is 3.74. The van der Waals surface area contributed by atoms with E-state index in [0.29, 0.717) is 6.04 Å². The Balaban J connectivity index is 1.93. The number of benzene rings is 1. The third-order valence-corrected chi connectivity index (χ3v) is 3.88. The van der Waals surface area contributed by atoms with Gasteiger partial charge in [-0.25, -0.2) is 0 Å². The van der Waals surface area contributed by atoms with Gasteiger partial charge in [-0.3, -0.25) is 0 Å². The van der Waals surface area contributed by atoms with Crippen molar-refractivity contribution in [3.8, 4) is 0 Å². The fraction of sp³-hybridized carbons (Fsp3) is 0.600. The van der Waals surface area contributed by atoms with Crippen LogP contribution in [0, 0.1) is 5.92 Å². The molecule has 2 heteroatoms. The van der Waals surface area contributed by atoms with Gasteiger partial charge in [0, 0.05) is 31.5 Å². The molecule has 0 aromatic heterocycles. The maximum absolute atomic E-state index is 3.63. The molecule has 94 valence electrons. The van der Waals surface area contributed by atoms with Crippen molar-refractivity contribution in [1.29, 1.82) is 0 Å². The lowest BCUT2D eigenvalue weighted by Crippen LogP contribution is -2.23. The summed E-state index contributed by atoms with van der Waals surface area (Å²) in [7, 11) is 4.15. The third-order valence-electron chi connectivity index (χ3n) is 3.88. The Hall–Kier alpha value is -1.18. The third kappa shape index (κ3) is 3.15. The first-order chi connectivity index (χ1) is 8.16. The minimum atomic E-state index is 0.600. The minimum absolute atomic E-state index is 0.600. The van der Waals surface area contributed by atoms with Crippen molar-refractivity contribution in [3.63, 3.8) is 0 Å². The Labute approximate surface area is 105 Å². The molecular formula is C15H24N2. The van der Waals surface area contributed by atoms with E-state index in [2.05, 4.69) is 55.5 Å². The van der Waals surface area contributed by atoms with Crippen LogP contribution in [-0.4, -0.2) is 20.1 Å². The second-order valence-electron chi connectivity index (χ2n) is 5.42. The largest absolute Gasteiger partial charge is 0.382 e. The van der Waals surface area contributed by atoms with Gasteiger partial charge in [-0.05, 0) is 49.9 Å². The first-order valence-corrected chi connectivity index (χ1v) is 6.71. The van der Waals surface area contributed by atoms with Gasteiger partial charge >= 0.3 is 0 Å². The molecule has 1 unspecified atom stereocenters. The molecule has 0 radical (unpaired) electrons. The van der Waals surface area contributed by atoms with Gasteiger partial charge in [0.05, 0.1) is 0 Å². The fourth-order valence-corrected chi connectivity index (χ4v) is 2.69. The van der Waals surface area contributed by atoms with E-state index in [9.17, 15) is 0 Å². The first kappa shape index (κ1) is 12.3. The van der Waals surface area contributed by atoms with E-state index in [1.165, 1.54) is 37.1 Å². The summed E-state index contributed by atoms with van der Waals surface area (Å²) in [6.07, 6.45) is 5.61. The number of hydrogen-bond acceptors (Lipinski definition) is 2. The van der Waals surface area contributed by atoms with E-state index in [1.807, 2.05) is 0 Å². The highest BCUT2D eigenvalue weighted by Crippen LogP contribution is 2.29. The topological polar surface area (TPSA) is 15.3 Å². The van der Waals surface area contributed by atoms with Crippen molar-refractivity contribution in [2.45, 2.75) is 38.6 Å². The van der Waals surface area contributed by atoms with E-state index in [1.54, 1.807) is 0 Å². The van der Waals surface area contributed by atoms with Gasteiger partial charge in [-0.15, -0.1) is 0 Å². The van der Waals surface area contributed by atoms with Crippen LogP contribution < -0.4 is 10.2 Å². The van der Waals surface area contributed by atoms with Gasteiger partial charge in [-0.2, -0.15) is 0 Å². The van der Waals surface area contributed by atoms with Crippen LogP contribution in [0.3, 0.4) is 0 Å². The summed E-state index contributed by atoms with van der Waals surface area (Å²) < 4.78 is 0. The molecule has 2 nitrogen and oxygen atoms in total. The van der Waals surface area contributed by atoms with Crippen molar-refractivity contribution in [2.24, 2.45) is 5.92 Å². The maximum Gasteiger partial charge on any atom is 0.0362 e. The van der Waals surface area contributed by atoms with E-state index >= 15 is 0 Å². The quantitative estimate of drug-likeness (QED) is 0.850. The lowest BCUT2D eigenvalue weighted by Gasteiger charge is -2.22. The van der Waals surface area contributed by atoms with Crippen LogP contribution in [0.25, 0.3) is 0 Å². The summed E-state index contributed by atoms with van der Waals surface area (Å²) in [6, 6.07) is 9.30. The maximum atomic E-state index is 3.63. The summed E-state index contributed by atoms with van der Waals surface area (Å²) in [5.74, 6) is 0.864. The van der Waals surface area contributed by atoms with E-state index in [0.717, 1.165) is 5.92 Å². The van der Waals surface area contributed by atoms with Crippen molar-refractivity contribution >= 4 is 11.4 Å². The Kier molecular flexibility index (Phi) is 3.93. The average Bonchev–Trinajstić information content (AvgIpc) is 2.83. The second-order valence-corrected chi connectivity index (χ2v) is 5.42. The van der Waals surface area contributed by atoms with Crippen LogP contribution in [0.5, 0.6) is 0 Å². The standard InChI is InChI=1S/C15H24N2/c1-12(13-6-4-5-7-13)16-14-8-10-15(11-9-14)17(2)3/h8-13,16H,4-7H2,1-3H3. The van der Waals surface area contributed by atoms with E-state index < -0.39 is 0 Å². The lowest BCUT2D eigenvalue weighted by atomic mass is 9.99. The van der Waals surface area contributed by atoms with Gasteiger partial charge in [0.15, 0.2) is 0 Å². The molecule has 1 aromatic rings. The highest BCUT2D eigenvalue weighted by Gasteiger charge is 2.21. The zero-order valence-electron chi connectivity index (χ0n) is 11.2. The molecule has 1 aliphatic rings. The minimum Gasteiger partial charge on any atom is -0.382 e. The molecule has 0 heterocycles. The highest BCUT2D eigenvalue weighted by molar-refractivity contribution is 5.54. The number of anilines is 2. The van der Waals surface area contributed by atoms with Crippen molar-refractivity contribution < 1.29 is 0 Å². The Morgan fingerprint density at radius 2 is 1.71 bits per heavy atom. The zero-order valence-corrected chi connectivity index (χ0v) is 11.2. The Morgan fingerprint density at radius 3 is 2.24 bits per heavy atom. The number of nitrogens with one attached hydrogen (secondary N) is 1. The summed E-state index contributed by atoms with van der Waals surface area (Å²) in [4.78, 5) is 2.13. The lowest BCUT2D eigenvalue weighted by molar-refractivity contribution is 0.482. The molecule has 0 amide bonds. The molecule has 1 saturated carbocycles. The molecule has 0 saturated heterocycles. The van der Waals surface area contributed by atoms with Gasteiger partial charge in [0.25, 0.3) is 0 Å². The average molecular weight is 232 g/mol. The first-order valence-electron chi connectivity index (χ1n) is 6.71. The molecule has 1 fully saturated rings. The summed E-state index contributed by atoms with van der Waals surface area (Å²) in [5.41, 5.74) is 2.50. The van der Waals surface area contributed by atoms with Crippen molar-refractivity contribution in [1.82, 2.24) is 0 Å². The van der Waals surface area contributed by atoms with Crippen molar-refractivity contribution in [3.05, 3.63) is 24.3 Å². The Bertz CT molecular complexity index is 336. The molecule has 1 atom stereocenters. The number of rotatable bonds is 4. The van der Waals surface area contributed by atoms with E-state index in [4.69, 9.17) is 0 Å². The van der Waals surface area contributed by atoms with Crippen LogP contribution in [-0.2, 0) is 0 Å². The SMILES string of the molecule is CC(Nc1ccc(N(C)C)cc1)C1CCCC1. The molecule has 2 rings (SSSR count). The van der Waals surface area contributed by atoms with Crippen LogP contribution in [0.4, 0.5) is 11.4 Å². The van der Waals surface area contributed by atoms with Crippen LogP contribution in [0.2, 0.25) is 0 Å². The monoisotopic (exact) mass is 232 g/mol. The highest BCUT2D eigenvalue weighted by atomic mass is 15.1. The number of hydrogen-bond donors (Lipinski definition) is 1. The van der Waals surface area contributed by atoms with Gasteiger partial charge < -0.3 is 10.2 Å². The molecule has 1 aliphatic carbocycles. The van der Waals surface area contributed by atoms with Gasteiger partial charge in [0.1, 0.15) is 0 Å². The molecule has 0 aliphatic heterocycles. The Morgan fingerprint density at radius 1 is 1.12 bits per heavy atom. The molecule has 0 spiro atoms. The summed E-state index contributed by atoms with van der Waals surface area (Å²) in [6.45, 7) is 2.32. The molecule has 0 bridgehead atoms. The normalized spacial score (nSPS) is 18.1.